The van der Waals surface area contributed by atoms with Gasteiger partial charge >= 0.3 is 5.97 Å². The highest BCUT2D eigenvalue weighted by molar-refractivity contribution is 9.10. The average Bonchev–Trinajstić information content (AvgIpc) is 2.72. The lowest BCUT2D eigenvalue weighted by Gasteiger charge is -2.21. The standard InChI is InChI=1S/C18H24BrN5O4S/c1-11(2)15(17(26)28-3)23-16-14(19)10-20-18(24-16)22-12-4-6-13(7-5-12)29(27)21-8-9-25/h4-7,10-11,15,21,25H,8-9H2,1-3H3,(H2,20,22,23,24). The number of anilines is 3. The van der Waals surface area contributed by atoms with Crippen LogP contribution in [-0.2, 0) is 20.5 Å². The van der Waals surface area contributed by atoms with E-state index in [1.807, 2.05) is 13.8 Å². The van der Waals surface area contributed by atoms with Crippen LogP contribution in [0.3, 0.4) is 0 Å². The van der Waals surface area contributed by atoms with E-state index in [0.29, 0.717) is 26.8 Å². The molecule has 2 atom stereocenters. The van der Waals surface area contributed by atoms with E-state index in [0.717, 1.165) is 0 Å². The first kappa shape index (κ1) is 23.2. The minimum atomic E-state index is -1.39. The monoisotopic (exact) mass is 485 g/mol. The van der Waals surface area contributed by atoms with Gasteiger partial charge in [-0.1, -0.05) is 13.8 Å². The number of aliphatic hydroxyl groups is 1. The number of benzene rings is 1. The summed E-state index contributed by atoms with van der Waals surface area (Å²) in [7, 11) is -0.0460. The maximum absolute atomic E-state index is 12.0. The third-order valence-corrected chi connectivity index (χ3v) is 5.57. The van der Waals surface area contributed by atoms with Gasteiger partial charge in [-0.15, -0.1) is 0 Å². The molecule has 158 valence electrons. The Morgan fingerprint density at radius 3 is 2.59 bits per heavy atom. The quantitative estimate of drug-likeness (QED) is 0.377. The van der Waals surface area contributed by atoms with Gasteiger partial charge in [0.25, 0.3) is 0 Å². The average molecular weight is 486 g/mol. The molecular weight excluding hydrogens is 462 g/mol. The van der Waals surface area contributed by atoms with Gasteiger partial charge < -0.3 is 20.5 Å². The SMILES string of the molecule is COC(=O)C(Nc1nc(Nc2ccc(S(=O)NCCO)cc2)ncc1Br)C(C)C. The van der Waals surface area contributed by atoms with E-state index < -0.39 is 17.0 Å². The van der Waals surface area contributed by atoms with E-state index in [4.69, 9.17) is 9.84 Å². The molecule has 0 aliphatic rings. The van der Waals surface area contributed by atoms with Crippen LogP contribution in [0.5, 0.6) is 0 Å². The molecule has 4 N–H and O–H groups in total. The maximum atomic E-state index is 12.0. The van der Waals surface area contributed by atoms with E-state index in [1.165, 1.54) is 7.11 Å². The van der Waals surface area contributed by atoms with Crippen LogP contribution in [-0.4, -0.2) is 51.6 Å². The van der Waals surface area contributed by atoms with Gasteiger partial charge in [0, 0.05) is 18.4 Å². The predicted octanol–water partition coefficient (Wildman–Crippen LogP) is 2.20. The second-order valence-corrected chi connectivity index (χ2v) is 8.47. The van der Waals surface area contributed by atoms with Crippen molar-refractivity contribution >= 4 is 50.3 Å². The second-order valence-electron chi connectivity index (χ2n) is 6.32. The van der Waals surface area contributed by atoms with Crippen molar-refractivity contribution in [2.24, 2.45) is 5.92 Å². The third-order valence-electron chi connectivity index (χ3n) is 3.83. The summed E-state index contributed by atoms with van der Waals surface area (Å²) in [6.07, 6.45) is 1.58. The Balaban J connectivity index is 2.13. The molecule has 0 saturated carbocycles. The van der Waals surface area contributed by atoms with Gasteiger partial charge in [0.2, 0.25) is 5.95 Å². The number of rotatable bonds is 10. The summed E-state index contributed by atoms with van der Waals surface area (Å²) in [5.74, 6) is 0.403. The van der Waals surface area contributed by atoms with Gasteiger partial charge in [-0.2, -0.15) is 4.98 Å². The van der Waals surface area contributed by atoms with E-state index in [9.17, 15) is 9.00 Å². The summed E-state index contributed by atoms with van der Waals surface area (Å²) in [4.78, 5) is 21.2. The zero-order valence-electron chi connectivity index (χ0n) is 16.3. The van der Waals surface area contributed by atoms with Gasteiger partial charge in [0.05, 0.1) is 23.1 Å². The molecule has 1 heterocycles. The number of nitrogens with zero attached hydrogens (tertiary/aromatic N) is 2. The van der Waals surface area contributed by atoms with Crippen molar-refractivity contribution < 1.29 is 18.8 Å². The van der Waals surface area contributed by atoms with Crippen molar-refractivity contribution in [1.82, 2.24) is 14.7 Å². The van der Waals surface area contributed by atoms with E-state index >= 15 is 0 Å². The van der Waals surface area contributed by atoms with Gasteiger partial charge in [0.1, 0.15) is 22.8 Å². The summed E-state index contributed by atoms with van der Waals surface area (Å²) < 4.78 is 20.1. The fourth-order valence-corrected chi connectivity index (χ4v) is 3.45. The van der Waals surface area contributed by atoms with Gasteiger partial charge in [-0.05, 0) is 46.1 Å². The van der Waals surface area contributed by atoms with Crippen LogP contribution in [0.25, 0.3) is 0 Å². The molecule has 0 fully saturated rings. The van der Waals surface area contributed by atoms with Crippen molar-refractivity contribution in [3.05, 3.63) is 34.9 Å². The number of hydrogen-bond donors (Lipinski definition) is 4. The smallest absolute Gasteiger partial charge is 0.328 e. The number of methoxy groups -OCH3 is 1. The fourth-order valence-electron chi connectivity index (χ4n) is 2.31. The molecule has 0 amide bonds. The van der Waals surface area contributed by atoms with E-state index in [2.05, 4.69) is 41.3 Å². The highest BCUT2D eigenvalue weighted by Crippen LogP contribution is 2.24. The molecule has 1 aromatic carbocycles. The van der Waals surface area contributed by atoms with Crippen LogP contribution in [0.2, 0.25) is 0 Å². The zero-order valence-corrected chi connectivity index (χ0v) is 18.7. The number of carbonyl (C=O) groups is 1. The third kappa shape index (κ3) is 6.74. The van der Waals surface area contributed by atoms with E-state index in [1.54, 1.807) is 30.5 Å². The summed E-state index contributed by atoms with van der Waals surface area (Å²) in [6, 6.07) is 6.34. The molecule has 1 aromatic heterocycles. The second kappa shape index (κ2) is 11.2. The summed E-state index contributed by atoms with van der Waals surface area (Å²) >= 11 is 3.38. The van der Waals surface area contributed by atoms with Gasteiger partial charge in [0.15, 0.2) is 0 Å². The highest BCUT2D eigenvalue weighted by atomic mass is 79.9. The van der Waals surface area contributed by atoms with Crippen LogP contribution < -0.4 is 15.4 Å². The van der Waals surface area contributed by atoms with Crippen LogP contribution in [0.4, 0.5) is 17.5 Å². The molecule has 9 nitrogen and oxygen atoms in total. The Labute approximate surface area is 180 Å². The molecule has 0 bridgehead atoms. The number of halogens is 1. The molecule has 2 aromatic rings. The highest BCUT2D eigenvalue weighted by Gasteiger charge is 2.24. The van der Waals surface area contributed by atoms with Crippen LogP contribution >= 0.6 is 15.9 Å². The van der Waals surface area contributed by atoms with Crippen molar-refractivity contribution in [1.29, 1.82) is 0 Å². The zero-order chi connectivity index (χ0) is 21.4. The summed E-state index contributed by atoms with van der Waals surface area (Å²) in [5, 5.41) is 14.9. The number of hydrogen-bond acceptors (Lipinski definition) is 8. The molecule has 0 aliphatic heterocycles. The molecule has 11 heteroatoms. The maximum Gasteiger partial charge on any atom is 0.328 e. The minimum absolute atomic E-state index is 0.00594. The van der Waals surface area contributed by atoms with Gasteiger partial charge in [-0.25, -0.2) is 18.7 Å². The predicted molar refractivity (Wildman–Crippen MR) is 115 cm³/mol. The molecule has 0 aliphatic carbocycles. The molecule has 2 unspecified atom stereocenters. The van der Waals surface area contributed by atoms with Gasteiger partial charge in [-0.3, -0.25) is 0 Å². The topological polar surface area (TPSA) is 125 Å². The van der Waals surface area contributed by atoms with Crippen molar-refractivity contribution in [2.45, 2.75) is 24.8 Å². The Kier molecular flexibility index (Phi) is 8.96. The first-order valence-corrected chi connectivity index (χ1v) is 10.8. The number of esters is 1. The van der Waals surface area contributed by atoms with E-state index in [-0.39, 0.29) is 25.0 Å². The molecule has 2 rings (SSSR count). The minimum Gasteiger partial charge on any atom is -0.467 e. The lowest BCUT2D eigenvalue weighted by Crippen LogP contribution is -2.36. The number of nitrogens with one attached hydrogen (secondary N) is 3. The van der Waals surface area contributed by atoms with Crippen molar-refractivity contribution in [2.75, 3.05) is 30.9 Å². The number of carbonyl (C=O) groups excluding carboxylic acids is 1. The number of ether oxygens (including phenoxy) is 1. The first-order valence-electron chi connectivity index (χ1n) is 8.85. The molecule has 0 spiro atoms. The molecule has 0 radical (unpaired) electrons. The summed E-state index contributed by atoms with van der Waals surface area (Å²) in [5.41, 5.74) is 0.703. The number of aliphatic hydroxyl groups excluding tert-OH is 1. The Bertz CT molecular complexity index is 851. The van der Waals surface area contributed by atoms with Crippen LogP contribution in [0.1, 0.15) is 13.8 Å². The van der Waals surface area contributed by atoms with Crippen LogP contribution in [0, 0.1) is 5.92 Å². The summed E-state index contributed by atoms with van der Waals surface area (Å²) in [6.45, 7) is 3.97. The lowest BCUT2D eigenvalue weighted by molar-refractivity contribution is -0.142. The lowest BCUT2D eigenvalue weighted by atomic mass is 10.0. The largest absolute Gasteiger partial charge is 0.467 e. The normalized spacial score (nSPS) is 13.0. The Hall–Kier alpha value is -2.08. The Morgan fingerprint density at radius 1 is 1.31 bits per heavy atom. The Morgan fingerprint density at radius 2 is 2.00 bits per heavy atom. The van der Waals surface area contributed by atoms with Crippen molar-refractivity contribution in [3.8, 4) is 0 Å². The first-order chi connectivity index (χ1) is 13.8. The molecule has 29 heavy (non-hydrogen) atoms. The number of aromatic nitrogens is 2. The molecular formula is C18H24BrN5O4S. The van der Waals surface area contributed by atoms with Crippen LogP contribution in [0.15, 0.2) is 39.8 Å². The molecule has 0 saturated heterocycles. The fraction of sp³-hybridized carbons (Fsp3) is 0.389. The van der Waals surface area contributed by atoms with Crippen molar-refractivity contribution in [3.63, 3.8) is 0 Å².